The number of methoxy groups -OCH3 is 1. The van der Waals surface area contributed by atoms with Crippen LogP contribution in [0.3, 0.4) is 0 Å². The van der Waals surface area contributed by atoms with Gasteiger partial charge in [-0.1, -0.05) is 23.5 Å². The van der Waals surface area contributed by atoms with Crippen LogP contribution < -0.4 is 4.74 Å². The van der Waals surface area contributed by atoms with E-state index in [1.54, 1.807) is 30.2 Å². The molecule has 7 heteroatoms. The highest BCUT2D eigenvalue weighted by molar-refractivity contribution is 7.97. The van der Waals surface area contributed by atoms with Crippen molar-refractivity contribution in [1.29, 1.82) is 0 Å². The summed E-state index contributed by atoms with van der Waals surface area (Å²) in [5.74, 6) is 2.60. The standard InChI is InChI=1S/C13H14N4OS2/c1-18-10-5-3-9(4-6-10)7-12-16-17-11(8-19-2)14-15-13(17)20-12/h3-6H,7-8H2,1-2H3. The van der Waals surface area contributed by atoms with Crippen LogP contribution in [-0.2, 0) is 12.2 Å². The smallest absolute Gasteiger partial charge is 0.234 e. The molecule has 2 aromatic heterocycles. The van der Waals surface area contributed by atoms with Gasteiger partial charge in [-0.15, -0.1) is 10.2 Å². The highest BCUT2D eigenvalue weighted by Gasteiger charge is 2.11. The van der Waals surface area contributed by atoms with E-state index in [0.717, 1.165) is 33.7 Å². The van der Waals surface area contributed by atoms with Gasteiger partial charge in [0, 0.05) is 6.42 Å². The summed E-state index contributed by atoms with van der Waals surface area (Å²) in [5.41, 5.74) is 1.21. The Morgan fingerprint density at radius 2 is 2.05 bits per heavy atom. The first-order valence-corrected chi connectivity index (χ1v) is 8.33. The number of benzene rings is 1. The fourth-order valence-electron chi connectivity index (χ4n) is 1.91. The molecule has 3 aromatic rings. The second-order valence-corrected chi connectivity index (χ2v) is 6.17. The first-order valence-electron chi connectivity index (χ1n) is 6.12. The fourth-order valence-corrected chi connectivity index (χ4v) is 3.23. The Balaban J connectivity index is 1.82. The number of nitrogens with zero attached hydrogens (tertiary/aromatic N) is 4. The van der Waals surface area contributed by atoms with Gasteiger partial charge in [-0.3, -0.25) is 0 Å². The van der Waals surface area contributed by atoms with Crippen LogP contribution in [0.2, 0.25) is 0 Å². The molecule has 20 heavy (non-hydrogen) atoms. The molecule has 0 bridgehead atoms. The summed E-state index contributed by atoms with van der Waals surface area (Å²) in [6.07, 6.45) is 2.85. The van der Waals surface area contributed by atoms with Gasteiger partial charge in [-0.25, -0.2) is 0 Å². The van der Waals surface area contributed by atoms with Gasteiger partial charge in [0.15, 0.2) is 5.82 Å². The lowest BCUT2D eigenvalue weighted by atomic mass is 10.1. The SMILES string of the molecule is COc1ccc(Cc2nn3c(CSC)nnc3s2)cc1. The molecule has 3 rings (SSSR count). The minimum atomic E-state index is 0.802. The van der Waals surface area contributed by atoms with Gasteiger partial charge in [-0.2, -0.15) is 21.4 Å². The summed E-state index contributed by atoms with van der Waals surface area (Å²) >= 11 is 3.31. The lowest BCUT2D eigenvalue weighted by molar-refractivity contribution is 0.414. The maximum absolute atomic E-state index is 5.16. The van der Waals surface area contributed by atoms with E-state index in [1.807, 2.05) is 22.9 Å². The van der Waals surface area contributed by atoms with Crippen LogP contribution in [0.4, 0.5) is 0 Å². The van der Waals surface area contributed by atoms with Gasteiger partial charge in [0.25, 0.3) is 0 Å². The summed E-state index contributed by atoms with van der Waals surface area (Å²) in [7, 11) is 1.67. The Kier molecular flexibility index (Phi) is 3.88. The molecule has 0 aliphatic carbocycles. The molecule has 0 aliphatic rings. The Hall–Kier alpha value is -1.60. The number of thioether (sulfide) groups is 1. The molecular formula is C13H14N4OS2. The van der Waals surface area contributed by atoms with Crippen LogP contribution >= 0.6 is 23.1 Å². The van der Waals surface area contributed by atoms with Crippen LogP contribution in [0.5, 0.6) is 5.75 Å². The lowest BCUT2D eigenvalue weighted by Crippen LogP contribution is -1.95. The number of ether oxygens (including phenoxy) is 1. The van der Waals surface area contributed by atoms with E-state index in [4.69, 9.17) is 4.74 Å². The van der Waals surface area contributed by atoms with Crippen molar-refractivity contribution in [2.24, 2.45) is 0 Å². The highest BCUT2D eigenvalue weighted by atomic mass is 32.2. The minimum absolute atomic E-state index is 0.802. The molecule has 104 valence electrons. The molecule has 0 amide bonds. The third-order valence-corrected chi connectivity index (χ3v) is 4.33. The first kappa shape index (κ1) is 13.4. The third-order valence-electron chi connectivity index (χ3n) is 2.89. The number of rotatable bonds is 5. The Bertz CT molecular complexity index is 705. The molecule has 0 spiro atoms. The van der Waals surface area contributed by atoms with E-state index in [0.29, 0.717) is 0 Å². The van der Waals surface area contributed by atoms with Crippen LogP contribution in [0.25, 0.3) is 4.96 Å². The molecule has 5 nitrogen and oxygen atoms in total. The average molecular weight is 306 g/mol. The molecule has 0 fully saturated rings. The zero-order valence-electron chi connectivity index (χ0n) is 11.2. The molecule has 0 saturated heterocycles. The predicted molar refractivity (Wildman–Crippen MR) is 81.7 cm³/mol. The number of hydrogen-bond donors (Lipinski definition) is 0. The summed E-state index contributed by atoms with van der Waals surface area (Å²) in [4.78, 5) is 0.859. The van der Waals surface area contributed by atoms with Crippen molar-refractivity contribution in [1.82, 2.24) is 19.8 Å². The van der Waals surface area contributed by atoms with E-state index >= 15 is 0 Å². The van der Waals surface area contributed by atoms with E-state index in [1.165, 1.54) is 5.56 Å². The van der Waals surface area contributed by atoms with Gasteiger partial charge in [0.1, 0.15) is 10.8 Å². The number of hydrogen-bond acceptors (Lipinski definition) is 6. The molecule has 0 radical (unpaired) electrons. The monoisotopic (exact) mass is 306 g/mol. The lowest BCUT2D eigenvalue weighted by Gasteiger charge is -2.01. The molecule has 0 N–H and O–H groups in total. The van der Waals surface area contributed by atoms with Crippen molar-refractivity contribution in [2.75, 3.05) is 13.4 Å². The number of fused-ring (bicyclic) bond motifs is 1. The summed E-state index contributed by atoms with van der Waals surface area (Å²) in [6.45, 7) is 0. The molecule has 2 heterocycles. The summed E-state index contributed by atoms with van der Waals surface area (Å²) < 4.78 is 7.01. The molecule has 1 aromatic carbocycles. The van der Waals surface area contributed by atoms with Crippen molar-refractivity contribution in [3.63, 3.8) is 0 Å². The van der Waals surface area contributed by atoms with Crippen LogP contribution in [0.1, 0.15) is 16.4 Å². The zero-order chi connectivity index (χ0) is 13.9. The second-order valence-electron chi connectivity index (χ2n) is 4.26. The second kappa shape index (κ2) is 5.80. The average Bonchev–Trinajstić information content (AvgIpc) is 3.02. The van der Waals surface area contributed by atoms with Crippen molar-refractivity contribution in [2.45, 2.75) is 12.2 Å². The minimum Gasteiger partial charge on any atom is -0.497 e. The van der Waals surface area contributed by atoms with Crippen LogP contribution in [0, 0.1) is 0 Å². The van der Waals surface area contributed by atoms with E-state index < -0.39 is 0 Å². The largest absolute Gasteiger partial charge is 0.497 e. The molecule has 0 unspecified atom stereocenters. The highest BCUT2D eigenvalue weighted by Crippen LogP contribution is 2.20. The quantitative estimate of drug-likeness (QED) is 0.725. The Morgan fingerprint density at radius 1 is 1.25 bits per heavy atom. The Labute approximate surface area is 125 Å². The number of aromatic nitrogens is 4. The van der Waals surface area contributed by atoms with E-state index in [2.05, 4.69) is 27.4 Å². The summed E-state index contributed by atoms with van der Waals surface area (Å²) in [6, 6.07) is 8.05. The van der Waals surface area contributed by atoms with E-state index in [9.17, 15) is 0 Å². The molecular weight excluding hydrogens is 292 g/mol. The van der Waals surface area contributed by atoms with Crippen molar-refractivity contribution in [3.8, 4) is 5.75 Å². The third kappa shape index (κ3) is 2.64. The van der Waals surface area contributed by atoms with Gasteiger partial charge >= 0.3 is 0 Å². The van der Waals surface area contributed by atoms with Crippen LogP contribution in [-0.4, -0.2) is 33.2 Å². The Morgan fingerprint density at radius 3 is 2.75 bits per heavy atom. The van der Waals surface area contributed by atoms with Gasteiger partial charge < -0.3 is 4.74 Å². The topological polar surface area (TPSA) is 52.3 Å². The maximum Gasteiger partial charge on any atom is 0.234 e. The van der Waals surface area contributed by atoms with Gasteiger partial charge in [-0.05, 0) is 24.0 Å². The van der Waals surface area contributed by atoms with Crippen molar-refractivity contribution in [3.05, 3.63) is 40.7 Å². The fraction of sp³-hybridized carbons (Fsp3) is 0.308. The predicted octanol–water partition coefficient (Wildman–Crippen LogP) is 2.65. The normalized spacial score (nSPS) is 11.1. The van der Waals surface area contributed by atoms with Gasteiger partial charge in [0.05, 0.1) is 12.9 Å². The first-order chi connectivity index (χ1) is 9.80. The molecule has 0 saturated carbocycles. The zero-order valence-corrected chi connectivity index (χ0v) is 12.9. The maximum atomic E-state index is 5.16. The van der Waals surface area contributed by atoms with Crippen molar-refractivity contribution < 1.29 is 4.74 Å². The summed E-state index contributed by atoms with van der Waals surface area (Å²) in [5, 5.41) is 13.9. The molecule has 0 atom stereocenters. The van der Waals surface area contributed by atoms with Crippen LogP contribution in [0.15, 0.2) is 24.3 Å². The van der Waals surface area contributed by atoms with E-state index in [-0.39, 0.29) is 0 Å². The van der Waals surface area contributed by atoms with Crippen molar-refractivity contribution >= 4 is 28.1 Å². The molecule has 0 aliphatic heterocycles. The van der Waals surface area contributed by atoms with Gasteiger partial charge in [0.2, 0.25) is 4.96 Å².